The molecule has 0 radical (unpaired) electrons. The molecule has 2 amide bonds. The number of ether oxygens (including phenoxy) is 1. The van der Waals surface area contributed by atoms with Crippen molar-refractivity contribution in [3.8, 4) is 11.1 Å². The molecule has 0 bridgehead atoms. The van der Waals surface area contributed by atoms with Gasteiger partial charge in [0.15, 0.2) is 0 Å². The van der Waals surface area contributed by atoms with Crippen molar-refractivity contribution in [2.75, 3.05) is 25.2 Å². The number of aliphatic carboxylic acids is 1. The summed E-state index contributed by atoms with van der Waals surface area (Å²) in [7, 11) is -3.39. The van der Waals surface area contributed by atoms with E-state index in [0.29, 0.717) is 0 Å². The predicted molar refractivity (Wildman–Crippen MR) is 126 cm³/mol. The molecule has 1 aliphatic carbocycles. The maximum Gasteiger partial charge on any atom is 0.407 e. The molecule has 9 nitrogen and oxygen atoms in total. The van der Waals surface area contributed by atoms with Crippen LogP contribution in [0.2, 0.25) is 0 Å². The highest BCUT2D eigenvalue weighted by molar-refractivity contribution is 7.90. The van der Waals surface area contributed by atoms with Gasteiger partial charge in [-0.1, -0.05) is 55.5 Å². The minimum atomic E-state index is -3.39. The van der Waals surface area contributed by atoms with E-state index in [1.54, 1.807) is 0 Å². The molecule has 2 aromatic rings. The van der Waals surface area contributed by atoms with Crippen molar-refractivity contribution in [3.63, 3.8) is 0 Å². The van der Waals surface area contributed by atoms with Crippen LogP contribution in [0, 0.1) is 5.92 Å². The van der Waals surface area contributed by atoms with Crippen LogP contribution in [0.3, 0.4) is 0 Å². The fraction of sp³-hybridized carbons (Fsp3) is 0.375. The molecule has 34 heavy (non-hydrogen) atoms. The van der Waals surface area contributed by atoms with Crippen LogP contribution >= 0.6 is 0 Å². The molecular weight excluding hydrogens is 460 g/mol. The molecule has 182 valence electrons. The third-order valence-corrected chi connectivity index (χ3v) is 6.71. The molecule has 2 unspecified atom stereocenters. The summed E-state index contributed by atoms with van der Waals surface area (Å²) >= 11 is 0. The Bertz CT molecular complexity index is 1130. The van der Waals surface area contributed by atoms with Crippen LogP contribution in [0.5, 0.6) is 0 Å². The summed E-state index contributed by atoms with van der Waals surface area (Å²) in [4.78, 5) is 36.1. The topological polar surface area (TPSA) is 139 Å². The van der Waals surface area contributed by atoms with E-state index >= 15 is 0 Å². The average Bonchev–Trinajstić information content (AvgIpc) is 3.11. The van der Waals surface area contributed by atoms with Crippen molar-refractivity contribution in [1.82, 2.24) is 10.6 Å². The van der Waals surface area contributed by atoms with Crippen LogP contribution < -0.4 is 10.6 Å². The molecule has 0 fully saturated rings. The number of amides is 2. The zero-order valence-corrected chi connectivity index (χ0v) is 19.8. The number of benzene rings is 2. The van der Waals surface area contributed by atoms with Gasteiger partial charge in [0.2, 0.25) is 5.91 Å². The van der Waals surface area contributed by atoms with E-state index < -0.39 is 39.8 Å². The van der Waals surface area contributed by atoms with Gasteiger partial charge in [-0.25, -0.2) is 13.2 Å². The predicted octanol–water partition coefficient (Wildman–Crippen LogP) is 2.17. The molecule has 2 atom stereocenters. The van der Waals surface area contributed by atoms with E-state index in [1.165, 1.54) is 6.92 Å². The number of alkyl carbamates (subject to hydrolysis) is 1. The molecular formula is C24H28N2O7S. The molecule has 3 N–H and O–H groups in total. The first-order valence-electron chi connectivity index (χ1n) is 10.9. The highest BCUT2D eigenvalue weighted by atomic mass is 32.2. The summed E-state index contributed by atoms with van der Waals surface area (Å²) in [6.07, 6.45) is -0.000236. The van der Waals surface area contributed by atoms with Gasteiger partial charge in [0, 0.05) is 18.7 Å². The van der Waals surface area contributed by atoms with Crippen LogP contribution in [0.15, 0.2) is 48.5 Å². The fourth-order valence-electron chi connectivity index (χ4n) is 3.85. The van der Waals surface area contributed by atoms with Crippen LogP contribution in [0.4, 0.5) is 4.79 Å². The lowest BCUT2D eigenvalue weighted by atomic mass is 9.98. The Balaban J connectivity index is 1.66. The van der Waals surface area contributed by atoms with Crippen LogP contribution in [-0.4, -0.2) is 62.7 Å². The second-order valence-corrected chi connectivity index (χ2v) is 10.7. The third kappa shape index (κ3) is 6.34. The van der Waals surface area contributed by atoms with Gasteiger partial charge in [0.05, 0.1) is 11.7 Å². The summed E-state index contributed by atoms with van der Waals surface area (Å²) in [5.41, 5.74) is 4.21. The van der Waals surface area contributed by atoms with Gasteiger partial charge in [-0.3, -0.25) is 9.59 Å². The number of carbonyl (C=O) groups excluding carboxylic acids is 2. The molecule has 0 heterocycles. The summed E-state index contributed by atoms with van der Waals surface area (Å²) in [5.74, 6) is -3.10. The number of carboxylic acid groups (broad SMARTS) is 1. The van der Waals surface area contributed by atoms with Crippen molar-refractivity contribution in [3.05, 3.63) is 59.7 Å². The van der Waals surface area contributed by atoms with Crippen LogP contribution in [0.25, 0.3) is 11.1 Å². The van der Waals surface area contributed by atoms with Crippen LogP contribution in [0.1, 0.15) is 30.4 Å². The summed E-state index contributed by atoms with van der Waals surface area (Å²) in [6, 6.07) is 14.5. The number of fused-ring (bicyclic) bond motifs is 3. The van der Waals surface area contributed by atoms with Crippen molar-refractivity contribution in [2.45, 2.75) is 25.3 Å². The Kier molecular flexibility index (Phi) is 7.93. The summed E-state index contributed by atoms with van der Waals surface area (Å²) < 4.78 is 28.6. The summed E-state index contributed by atoms with van der Waals surface area (Å²) in [5, 5.41) is 13.9. The number of rotatable bonds is 10. The summed E-state index contributed by atoms with van der Waals surface area (Å²) in [6.45, 7) is 1.30. The molecule has 0 aromatic heterocycles. The number of hydrogen-bond donors (Lipinski definition) is 3. The monoisotopic (exact) mass is 488 g/mol. The molecule has 3 rings (SSSR count). The van der Waals surface area contributed by atoms with Gasteiger partial charge in [-0.05, 0) is 28.7 Å². The molecule has 10 heteroatoms. The van der Waals surface area contributed by atoms with E-state index in [1.807, 2.05) is 48.5 Å². The number of hydrogen-bond acceptors (Lipinski definition) is 6. The van der Waals surface area contributed by atoms with E-state index in [9.17, 15) is 22.8 Å². The highest BCUT2D eigenvalue weighted by Gasteiger charge is 2.30. The maximum absolute atomic E-state index is 12.6. The Morgan fingerprint density at radius 1 is 1.03 bits per heavy atom. The van der Waals surface area contributed by atoms with Gasteiger partial charge in [0.1, 0.15) is 22.5 Å². The maximum atomic E-state index is 12.6. The lowest BCUT2D eigenvalue weighted by Gasteiger charge is -2.20. The molecule has 1 aliphatic rings. The lowest BCUT2D eigenvalue weighted by molar-refractivity contribution is -0.141. The van der Waals surface area contributed by atoms with Gasteiger partial charge in [0.25, 0.3) is 0 Å². The first kappa shape index (κ1) is 25.2. The molecule has 0 aliphatic heterocycles. The van der Waals surface area contributed by atoms with Crippen molar-refractivity contribution in [2.24, 2.45) is 5.92 Å². The van der Waals surface area contributed by atoms with E-state index in [4.69, 9.17) is 9.84 Å². The fourth-order valence-corrected chi connectivity index (χ4v) is 4.51. The smallest absolute Gasteiger partial charge is 0.407 e. The third-order valence-electron chi connectivity index (χ3n) is 5.73. The van der Waals surface area contributed by atoms with Crippen molar-refractivity contribution >= 4 is 27.8 Å². The number of nitrogens with one attached hydrogen (secondary N) is 2. The zero-order valence-electron chi connectivity index (χ0n) is 19.0. The SMILES string of the molecule is CC(CNC(=O)C(CCS(C)(=O)=O)NC(=O)OCC1c2ccccc2-c2ccccc21)C(=O)O. The van der Waals surface area contributed by atoms with Gasteiger partial charge in [-0.15, -0.1) is 0 Å². The van der Waals surface area contributed by atoms with Gasteiger partial charge < -0.3 is 20.5 Å². The van der Waals surface area contributed by atoms with E-state index in [2.05, 4.69) is 10.6 Å². The second kappa shape index (κ2) is 10.7. The zero-order chi connectivity index (χ0) is 24.9. The van der Waals surface area contributed by atoms with Gasteiger partial charge in [-0.2, -0.15) is 0 Å². The average molecular weight is 489 g/mol. The number of carbonyl (C=O) groups is 3. The molecule has 2 aromatic carbocycles. The Morgan fingerprint density at radius 3 is 2.12 bits per heavy atom. The number of carboxylic acids is 1. The Hall–Kier alpha value is -3.40. The van der Waals surface area contributed by atoms with Gasteiger partial charge >= 0.3 is 12.1 Å². The Morgan fingerprint density at radius 2 is 1.59 bits per heavy atom. The van der Waals surface area contributed by atoms with Crippen molar-refractivity contribution in [1.29, 1.82) is 0 Å². The normalized spacial score (nSPS) is 14.4. The minimum absolute atomic E-state index is 0.0380. The van der Waals surface area contributed by atoms with Crippen molar-refractivity contribution < 1.29 is 32.6 Å². The number of sulfone groups is 1. The molecule has 0 saturated heterocycles. The quantitative estimate of drug-likeness (QED) is 0.466. The lowest BCUT2D eigenvalue weighted by Crippen LogP contribution is -2.49. The standard InChI is InChI=1S/C24H28N2O7S/c1-15(23(28)29)13-25-22(27)21(11-12-34(2,31)32)26-24(30)33-14-20-18-9-5-3-7-16(18)17-8-4-6-10-19(17)20/h3-10,15,20-21H,11-14H2,1-2H3,(H,25,27)(H,26,30)(H,28,29). The Labute approximate surface area is 198 Å². The minimum Gasteiger partial charge on any atom is -0.481 e. The van der Waals surface area contributed by atoms with E-state index in [0.717, 1.165) is 28.5 Å². The highest BCUT2D eigenvalue weighted by Crippen LogP contribution is 2.44. The van der Waals surface area contributed by atoms with Crippen LogP contribution in [-0.2, 0) is 24.2 Å². The largest absolute Gasteiger partial charge is 0.481 e. The first-order valence-corrected chi connectivity index (χ1v) is 12.9. The molecule has 0 spiro atoms. The van der Waals surface area contributed by atoms with E-state index in [-0.39, 0.29) is 31.2 Å². The molecule has 0 saturated carbocycles. The first-order chi connectivity index (χ1) is 16.1. The second-order valence-electron chi connectivity index (χ2n) is 8.43.